The van der Waals surface area contributed by atoms with E-state index >= 15 is 0 Å². The van der Waals surface area contributed by atoms with Crippen LogP contribution in [0.25, 0.3) is 16.5 Å². The van der Waals surface area contributed by atoms with E-state index in [1.807, 2.05) is 32.0 Å². The molecule has 0 unspecified atom stereocenters. The van der Waals surface area contributed by atoms with Gasteiger partial charge in [0.2, 0.25) is 0 Å². The van der Waals surface area contributed by atoms with Crippen molar-refractivity contribution in [3.05, 3.63) is 74.9 Å². The van der Waals surface area contributed by atoms with Crippen molar-refractivity contribution in [2.24, 2.45) is 4.99 Å². The lowest BCUT2D eigenvalue weighted by Crippen LogP contribution is -2.20. The minimum atomic E-state index is -0.0796. The number of fused-ring (bicyclic) bond motifs is 1. The quantitative estimate of drug-likeness (QED) is 0.634. The number of ether oxygens (including phenoxy) is 1. The topological polar surface area (TPSA) is 56.5 Å². The highest BCUT2D eigenvalue weighted by molar-refractivity contribution is 6.29. The average Bonchev–Trinajstić information content (AvgIpc) is 2.65. The van der Waals surface area contributed by atoms with Gasteiger partial charge in [0.25, 0.3) is 5.56 Å². The number of hydrogen-bond acceptors (Lipinski definition) is 4. The zero-order chi connectivity index (χ0) is 19.1. The lowest BCUT2D eigenvalue weighted by Gasteiger charge is -2.21. The normalized spacial score (nSPS) is 13.6. The van der Waals surface area contributed by atoms with Crippen molar-refractivity contribution in [3.8, 4) is 5.75 Å². The molecule has 6 heteroatoms. The molecule has 136 valence electrons. The maximum absolute atomic E-state index is 12.5. The molecule has 0 saturated heterocycles. The van der Waals surface area contributed by atoms with Crippen LogP contribution in [0.2, 0.25) is 5.15 Å². The van der Waals surface area contributed by atoms with Gasteiger partial charge in [-0.25, -0.2) is 4.98 Å². The molecule has 3 aromatic rings. The summed E-state index contributed by atoms with van der Waals surface area (Å²) >= 11 is 5.86. The first-order chi connectivity index (χ1) is 13.0. The molecule has 0 N–H and O–H groups in total. The Labute approximate surface area is 161 Å². The summed E-state index contributed by atoms with van der Waals surface area (Å²) in [5.74, 6) is 0.722. The number of allylic oxidation sites excluding steroid dienone is 2. The molecular weight excluding hydrogens is 362 g/mol. The monoisotopic (exact) mass is 379 g/mol. The van der Waals surface area contributed by atoms with Crippen LogP contribution in [0.1, 0.15) is 25.0 Å². The smallest absolute Gasteiger partial charge is 0.251 e. The van der Waals surface area contributed by atoms with Crippen molar-refractivity contribution in [3.63, 3.8) is 0 Å². The van der Waals surface area contributed by atoms with Crippen LogP contribution in [0.3, 0.4) is 0 Å². The molecule has 0 spiro atoms. The van der Waals surface area contributed by atoms with Gasteiger partial charge in [0.15, 0.2) is 0 Å². The average molecular weight is 380 g/mol. The molecule has 0 bridgehead atoms. The molecule has 1 aliphatic heterocycles. The van der Waals surface area contributed by atoms with Crippen LogP contribution < -0.4 is 10.3 Å². The van der Waals surface area contributed by atoms with E-state index in [9.17, 15) is 4.79 Å². The number of rotatable bonds is 4. The first kappa shape index (κ1) is 17.5. The third kappa shape index (κ3) is 3.04. The van der Waals surface area contributed by atoms with Crippen LogP contribution in [0.4, 0.5) is 0 Å². The van der Waals surface area contributed by atoms with E-state index < -0.39 is 0 Å². The van der Waals surface area contributed by atoms with Gasteiger partial charge in [0.05, 0.1) is 19.2 Å². The SMILES string of the molecule is COc1cc2c(ccc(=O)n2Cc2ccc(Cl)nc2)cc1C1=C(C)N=C1C. The van der Waals surface area contributed by atoms with Gasteiger partial charge in [-0.2, -0.15) is 0 Å². The van der Waals surface area contributed by atoms with Gasteiger partial charge in [0.1, 0.15) is 10.9 Å². The second-order valence-corrected chi connectivity index (χ2v) is 6.90. The Bertz CT molecular complexity index is 1170. The minimum absolute atomic E-state index is 0.0796. The number of aliphatic imine (C=N–C) groups is 1. The van der Waals surface area contributed by atoms with Crippen molar-refractivity contribution in [1.82, 2.24) is 9.55 Å². The van der Waals surface area contributed by atoms with E-state index in [1.54, 1.807) is 30.0 Å². The second kappa shape index (κ2) is 6.67. The van der Waals surface area contributed by atoms with Crippen LogP contribution in [-0.4, -0.2) is 22.4 Å². The molecule has 0 amide bonds. The van der Waals surface area contributed by atoms with Crippen LogP contribution >= 0.6 is 11.6 Å². The summed E-state index contributed by atoms with van der Waals surface area (Å²) in [5.41, 5.74) is 5.71. The van der Waals surface area contributed by atoms with E-state index in [0.29, 0.717) is 11.7 Å². The van der Waals surface area contributed by atoms with E-state index in [1.165, 1.54) is 0 Å². The molecule has 1 aliphatic rings. The standard InChI is InChI=1S/C21H18ClN3O2/c1-12-21(13(2)24-12)16-8-15-5-7-20(26)25(17(15)9-18(16)27-3)11-14-4-6-19(22)23-10-14/h4-10H,11H2,1-3H3. The van der Waals surface area contributed by atoms with E-state index in [2.05, 4.69) is 16.0 Å². The molecule has 0 atom stereocenters. The lowest BCUT2D eigenvalue weighted by molar-refractivity contribution is 0.414. The molecule has 0 saturated carbocycles. The molecule has 5 nitrogen and oxygen atoms in total. The third-order valence-corrected chi connectivity index (χ3v) is 4.99. The fraction of sp³-hybridized carbons (Fsp3) is 0.190. The fourth-order valence-electron chi connectivity index (χ4n) is 3.49. The van der Waals surface area contributed by atoms with Gasteiger partial charge in [-0.1, -0.05) is 17.7 Å². The zero-order valence-electron chi connectivity index (χ0n) is 15.3. The summed E-state index contributed by atoms with van der Waals surface area (Å²) in [5, 5.41) is 1.39. The highest BCUT2D eigenvalue weighted by atomic mass is 35.5. The van der Waals surface area contributed by atoms with Crippen molar-refractivity contribution in [1.29, 1.82) is 0 Å². The number of hydrogen-bond donors (Lipinski definition) is 0. The van der Waals surface area contributed by atoms with Gasteiger partial charge < -0.3 is 9.30 Å². The zero-order valence-corrected chi connectivity index (χ0v) is 16.0. The van der Waals surface area contributed by atoms with Gasteiger partial charge in [-0.15, -0.1) is 0 Å². The van der Waals surface area contributed by atoms with Crippen LogP contribution in [0, 0.1) is 0 Å². The highest BCUT2D eigenvalue weighted by Gasteiger charge is 2.22. The number of halogens is 1. The molecule has 0 fully saturated rings. The Balaban J connectivity index is 1.88. The van der Waals surface area contributed by atoms with Crippen LogP contribution in [0.5, 0.6) is 5.75 Å². The maximum Gasteiger partial charge on any atom is 0.251 e. The predicted molar refractivity (Wildman–Crippen MR) is 109 cm³/mol. The minimum Gasteiger partial charge on any atom is -0.496 e. The first-order valence-corrected chi connectivity index (χ1v) is 8.94. The van der Waals surface area contributed by atoms with E-state index in [4.69, 9.17) is 16.3 Å². The molecule has 2 aromatic heterocycles. The Kier molecular flexibility index (Phi) is 4.32. The molecule has 27 heavy (non-hydrogen) atoms. The summed E-state index contributed by atoms with van der Waals surface area (Å²) in [6.45, 7) is 4.38. The van der Waals surface area contributed by atoms with Crippen LogP contribution in [-0.2, 0) is 6.54 Å². The van der Waals surface area contributed by atoms with Gasteiger partial charge in [-0.3, -0.25) is 9.79 Å². The molecule has 1 aromatic carbocycles. The molecule has 0 aliphatic carbocycles. The Hall–Kier alpha value is -2.92. The van der Waals surface area contributed by atoms with Crippen molar-refractivity contribution in [2.45, 2.75) is 20.4 Å². The van der Waals surface area contributed by atoms with E-state index in [0.717, 1.165) is 44.8 Å². The summed E-state index contributed by atoms with van der Waals surface area (Å²) in [6.07, 6.45) is 1.68. The van der Waals surface area contributed by atoms with E-state index in [-0.39, 0.29) is 5.56 Å². The summed E-state index contributed by atoms with van der Waals surface area (Å²) in [4.78, 5) is 21.0. The van der Waals surface area contributed by atoms with Gasteiger partial charge >= 0.3 is 0 Å². The number of aromatic nitrogens is 2. The largest absolute Gasteiger partial charge is 0.496 e. The second-order valence-electron chi connectivity index (χ2n) is 6.52. The molecule has 0 radical (unpaired) electrons. The summed E-state index contributed by atoms with van der Waals surface area (Å²) < 4.78 is 7.35. The number of benzene rings is 1. The maximum atomic E-state index is 12.5. The van der Waals surface area contributed by atoms with Crippen molar-refractivity contribution < 1.29 is 4.74 Å². The van der Waals surface area contributed by atoms with Crippen molar-refractivity contribution in [2.75, 3.05) is 7.11 Å². The molecular formula is C21H18ClN3O2. The number of nitrogens with zero attached hydrogens (tertiary/aromatic N) is 3. The lowest BCUT2D eigenvalue weighted by atomic mass is 9.93. The summed E-state index contributed by atoms with van der Waals surface area (Å²) in [6, 6.07) is 11.0. The highest BCUT2D eigenvalue weighted by Crippen LogP contribution is 2.37. The molecule has 3 heterocycles. The fourth-order valence-corrected chi connectivity index (χ4v) is 3.61. The Morgan fingerprint density at radius 1 is 1.15 bits per heavy atom. The Morgan fingerprint density at radius 3 is 2.59 bits per heavy atom. The van der Waals surface area contributed by atoms with Crippen molar-refractivity contribution >= 4 is 33.8 Å². The van der Waals surface area contributed by atoms with Gasteiger partial charge in [-0.05, 0) is 43.0 Å². The molecule has 4 rings (SSSR count). The predicted octanol–water partition coefficient (Wildman–Crippen LogP) is 4.31. The van der Waals surface area contributed by atoms with Gasteiger partial charge in [0, 0.05) is 40.9 Å². The van der Waals surface area contributed by atoms with Crippen LogP contribution in [0.15, 0.2) is 58.1 Å². The Morgan fingerprint density at radius 2 is 1.96 bits per heavy atom. The first-order valence-electron chi connectivity index (χ1n) is 8.57. The number of methoxy groups -OCH3 is 1. The third-order valence-electron chi connectivity index (χ3n) is 4.77. The number of pyridine rings is 2. The summed E-state index contributed by atoms with van der Waals surface area (Å²) in [7, 11) is 1.64.